The Morgan fingerprint density at radius 1 is 0.862 bits per heavy atom. The number of unbranched alkanes of at least 4 members (excludes halogenated alkanes) is 2. The normalized spacial score (nSPS) is 17.2. The maximum absolute atomic E-state index is 12.7. The number of carbonyl (C=O) groups is 2. The van der Waals surface area contributed by atoms with Crippen LogP contribution in [-0.4, -0.2) is 64.2 Å². The lowest BCUT2D eigenvalue weighted by molar-refractivity contribution is -0.137. The van der Waals surface area contributed by atoms with E-state index in [1.807, 2.05) is 6.07 Å². The molecule has 10 heteroatoms. The SMILES string of the molecule is O=C(O)CCCCCNC(=O)c1cc(B2OCCCO2)cc(B2OCCCO2)c1. The second-order valence-electron chi connectivity index (χ2n) is 7.20. The summed E-state index contributed by atoms with van der Waals surface area (Å²) in [6.45, 7) is 2.95. The van der Waals surface area contributed by atoms with Gasteiger partial charge in [-0.05, 0) is 48.7 Å². The van der Waals surface area contributed by atoms with Crippen LogP contribution in [0.1, 0.15) is 48.9 Å². The van der Waals surface area contributed by atoms with Gasteiger partial charge < -0.3 is 29.0 Å². The lowest BCUT2D eigenvalue weighted by atomic mass is 9.70. The molecule has 2 fully saturated rings. The Balaban J connectivity index is 1.65. The summed E-state index contributed by atoms with van der Waals surface area (Å²) in [6, 6.07) is 5.47. The Morgan fingerprint density at radius 3 is 1.93 bits per heavy atom. The molecule has 1 amide bonds. The minimum atomic E-state index is -0.794. The van der Waals surface area contributed by atoms with E-state index in [2.05, 4.69) is 5.32 Å². The molecule has 3 rings (SSSR count). The Labute approximate surface area is 171 Å². The van der Waals surface area contributed by atoms with E-state index in [9.17, 15) is 9.59 Å². The first-order valence-corrected chi connectivity index (χ1v) is 10.2. The quantitative estimate of drug-likeness (QED) is 0.453. The van der Waals surface area contributed by atoms with E-state index in [-0.39, 0.29) is 12.3 Å². The van der Waals surface area contributed by atoms with Gasteiger partial charge in [0.05, 0.1) is 0 Å². The van der Waals surface area contributed by atoms with Gasteiger partial charge in [-0.25, -0.2) is 0 Å². The molecule has 2 saturated heterocycles. The molecule has 0 spiro atoms. The average Bonchev–Trinajstić information content (AvgIpc) is 2.76. The number of aliphatic carboxylic acids is 1. The predicted molar refractivity (Wildman–Crippen MR) is 109 cm³/mol. The van der Waals surface area contributed by atoms with Crippen molar-refractivity contribution in [3.63, 3.8) is 0 Å². The van der Waals surface area contributed by atoms with Gasteiger partial charge in [-0.3, -0.25) is 9.59 Å². The van der Waals surface area contributed by atoms with E-state index in [1.54, 1.807) is 12.1 Å². The van der Waals surface area contributed by atoms with E-state index in [0.29, 0.717) is 45.0 Å². The third-order valence-corrected chi connectivity index (χ3v) is 4.79. The molecular formula is C19H27B2NO7. The molecule has 0 atom stereocenters. The van der Waals surface area contributed by atoms with Gasteiger partial charge in [0.25, 0.3) is 5.91 Å². The molecule has 2 aliphatic rings. The first-order valence-electron chi connectivity index (χ1n) is 10.2. The number of hydrogen-bond acceptors (Lipinski definition) is 6. The molecule has 0 aromatic heterocycles. The van der Waals surface area contributed by atoms with Crippen LogP contribution >= 0.6 is 0 Å². The van der Waals surface area contributed by atoms with Gasteiger partial charge in [-0.15, -0.1) is 0 Å². The maximum atomic E-state index is 12.7. The number of amides is 1. The molecule has 0 unspecified atom stereocenters. The number of carbonyl (C=O) groups excluding carboxylic acids is 1. The Kier molecular flexibility index (Phi) is 8.54. The van der Waals surface area contributed by atoms with E-state index in [0.717, 1.165) is 36.6 Å². The molecule has 1 aromatic rings. The Morgan fingerprint density at radius 2 is 1.41 bits per heavy atom. The topological polar surface area (TPSA) is 103 Å². The molecule has 8 nitrogen and oxygen atoms in total. The van der Waals surface area contributed by atoms with Crippen molar-refractivity contribution in [2.24, 2.45) is 0 Å². The van der Waals surface area contributed by atoms with Crippen LogP contribution in [0, 0.1) is 0 Å². The van der Waals surface area contributed by atoms with E-state index in [4.69, 9.17) is 23.7 Å². The minimum absolute atomic E-state index is 0.155. The highest BCUT2D eigenvalue weighted by molar-refractivity contribution is 6.65. The number of carboxylic acids is 1. The number of benzene rings is 1. The highest BCUT2D eigenvalue weighted by Gasteiger charge is 2.30. The molecule has 2 aliphatic heterocycles. The summed E-state index contributed by atoms with van der Waals surface area (Å²) in [5.41, 5.74) is 2.04. The molecule has 0 aliphatic carbocycles. The summed E-state index contributed by atoms with van der Waals surface area (Å²) in [4.78, 5) is 23.2. The van der Waals surface area contributed by atoms with Crippen molar-refractivity contribution < 1.29 is 33.3 Å². The van der Waals surface area contributed by atoms with E-state index >= 15 is 0 Å². The summed E-state index contributed by atoms with van der Waals surface area (Å²) in [5, 5.41) is 11.6. The van der Waals surface area contributed by atoms with Gasteiger partial charge in [0.2, 0.25) is 0 Å². The first-order chi connectivity index (χ1) is 14.1. The predicted octanol–water partition coefficient (Wildman–Crippen LogP) is 0.326. The molecule has 0 saturated carbocycles. The van der Waals surface area contributed by atoms with Crippen molar-refractivity contribution in [1.82, 2.24) is 5.32 Å². The summed E-state index contributed by atoms with van der Waals surface area (Å²) in [6.07, 6.45) is 3.95. The Hall–Kier alpha value is -1.87. The molecule has 156 valence electrons. The van der Waals surface area contributed by atoms with Gasteiger partial charge in [0, 0.05) is 45.0 Å². The summed E-state index contributed by atoms with van der Waals surface area (Å²) in [7, 11) is -1.01. The van der Waals surface area contributed by atoms with Gasteiger partial charge in [-0.2, -0.15) is 0 Å². The number of nitrogens with one attached hydrogen (secondary N) is 1. The first kappa shape index (κ1) is 21.8. The maximum Gasteiger partial charge on any atom is 0.493 e. The molecule has 0 bridgehead atoms. The van der Waals surface area contributed by atoms with Crippen molar-refractivity contribution in [3.8, 4) is 0 Å². The molecule has 2 N–H and O–H groups in total. The molecular weight excluding hydrogens is 376 g/mol. The fraction of sp³-hybridized carbons (Fsp3) is 0.579. The summed E-state index contributed by atoms with van der Waals surface area (Å²) >= 11 is 0. The van der Waals surface area contributed by atoms with Crippen molar-refractivity contribution in [2.45, 2.75) is 38.5 Å². The third kappa shape index (κ3) is 6.85. The number of carboxylic acid groups (broad SMARTS) is 1. The van der Waals surface area contributed by atoms with Gasteiger partial charge >= 0.3 is 20.2 Å². The van der Waals surface area contributed by atoms with Gasteiger partial charge in [0.15, 0.2) is 0 Å². The smallest absolute Gasteiger partial charge is 0.481 e. The number of rotatable bonds is 9. The van der Waals surface area contributed by atoms with Crippen LogP contribution in [0.4, 0.5) is 0 Å². The second-order valence-corrected chi connectivity index (χ2v) is 7.20. The fourth-order valence-electron chi connectivity index (χ4n) is 3.32. The zero-order valence-electron chi connectivity index (χ0n) is 16.6. The summed E-state index contributed by atoms with van der Waals surface area (Å²) in [5.74, 6) is -0.990. The van der Waals surface area contributed by atoms with Crippen LogP contribution in [0.2, 0.25) is 0 Å². The highest BCUT2D eigenvalue weighted by Crippen LogP contribution is 2.08. The van der Waals surface area contributed by atoms with Crippen LogP contribution in [0.3, 0.4) is 0 Å². The minimum Gasteiger partial charge on any atom is -0.481 e. The van der Waals surface area contributed by atoms with Crippen LogP contribution in [0.5, 0.6) is 0 Å². The van der Waals surface area contributed by atoms with Crippen molar-refractivity contribution in [3.05, 3.63) is 23.8 Å². The number of hydrogen-bond donors (Lipinski definition) is 2. The molecule has 1 aromatic carbocycles. The zero-order valence-corrected chi connectivity index (χ0v) is 16.6. The largest absolute Gasteiger partial charge is 0.493 e. The van der Waals surface area contributed by atoms with Crippen LogP contribution in [0.15, 0.2) is 18.2 Å². The van der Waals surface area contributed by atoms with Crippen LogP contribution in [-0.2, 0) is 23.4 Å². The monoisotopic (exact) mass is 403 g/mol. The third-order valence-electron chi connectivity index (χ3n) is 4.79. The fourth-order valence-corrected chi connectivity index (χ4v) is 3.32. The molecule has 29 heavy (non-hydrogen) atoms. The van der Waals surface area contributed by atoms with E-state index < -0.39 is 20.2 Å². The summed E-state index contributed by atoms with van der Waals surface area (Å²) < 4.78 is 22.8. The van der Waals surface area contributed by atoms with Gasteiger partial charge in [-0.1, -0.05) is 12.5 Å². The highest BCUT2D eigenvalue weighted by atomic mass is 16.6. The second kappa shape index (κ2) is 11.3. The molecule has 0 radical (unpaired) electrons. The lowest BCUT2D eigenvalue weighted by Gasteiger charge is -2.23. The van der Waals surface area contributed by atoms with Crippen molar-refractivity contribution in [2.75, 3.05) is 33.0 Å². The average molecular weight is 403 g/mol. The Bertz CT molecular complexity index is 655. The standard InChI is InChI=1S/C19H27B2NO7/c23-18(24)6-2-1-3-7-22-19(25)15-12-16(20-26-8-4-9-27-20)14-17(13-15)21-28-10-5-11-29-21/h12-14H,1-11H2,(H,22,25)(H,23,24). The zero-order chi connectivity index (χ0) is 20.5. The van der Waals surface area contributed by atoms with Crippen LogP contribution in [0.25, 0.3) is 0 Å². The molecule has 2 heterocycles. The van der Waals surface area contributed by atoms with E-state index in [1.165, 1.54) is 0 Å². The van der Waals surface area contributed by atoms with Crippen LogP contribution < -0.4 is 16.2 Å². The van der Waals surface area contributed by atoms with Gasteiger partial charge in [0.1, 0.15) is 0 Å². The van der Waals surface area contributed by atoms with Crippen molar-refractivity contribution >= 4 is 37.0 Å². The van der Waals surface area contributed by atoms with Crippen molar-refractivity contribution in [1.29, 1.82) is 0 Å². The lowest BCUT2D eigenvalue weighted by Crippen LogP contribution is -2.47.